The van der Waals surface area contributed by atoms with E-state index in [0.29, 0.717) is 16.7 Å². The minimum Gasteiger partial charge on any atom is -0.508 e. The number of amides is 1. The van der Waals surface area contributed by atoms with Crippen molar-refractivity contribution in [1.29, 1.82) is 0 Å². The number of benzene rings is 1. The van der Waals surface area contributed by atoms with E-state index in [2.05, 4.69) is 15.5 Å². The maximum Gasteiger partial charge on any atom is 0.271 e. The summed E-state index contributed by atoms with van der Waals surface area (Å²) in [5.41, 5.74) is 3.85. The summed E-state index contributed by atoms with van der Waals surface area (Å²) in [7, 11) is 0. The van der Waals surface area contributed by atoms with Crippen LogP contribution in [0.25, 0.3) is 0 Å². The molecule has 0 spiro atoms. The van der Waals surface area contributed by atoms with E-state index >= 15 is 0 Å². The molecule has 0 bridgehead atoms. The quantitative estimate of drug-likeness (QED) is 0.583. The Hall–Kier alpha value is -2.89. The third-order valence-corrected chi connectivity index (χ3v) is 2.65. The number of carbonyl (C=O) groups excluding carboxylic acids is 1. The monoisotopic (exact) mass is 271 g/mol. The normalized spacial score (nSPS) is 10.7. The SMILES string of the molecule is Cc1cc(O)cc(O)c1/C=N/NC(=O)c1ccncc1. The first kappa shape index (κ1) is 13.5. The molecular formula is C14H13N3O3. The zero-order valence-electron chi connectivity index (χ0n) is 10.7. The molecule has 3 N–H and O–H groups in total. The molecule has 1 amide bonds. The zero-order valence-corrected chi connectivity index (χ0v) is 10.7. The Bertz CT molecular complexity index is 631. The number of carbonyl (C=O) groups is 1. The first-order valence-corrected chi connectivity index (χ1v) is 5.84. The average Bonchev–Trinajstić information content (AvgIpc) is 2.42. The smallest absolute Gasteiger partial charge is 0.271 e. The van der Waals surface area contributed by atoms with Crippen LogP contribution >= 0.6 is 0 Å². The molecule has 0 fully saturated rings. The number of aryl methyl sites for hydroxylation is 1. The van der Waals surface area contributed by atoms with E-state index in [1.54, 1.807) is 19.1 Å². The van der Waals surface area contributed by atoms with Gasteiger partial charge < -0.3 is 10.2 Å². The Kier molecular flexibility index (Phi) is 3.95. The molecule has 0 saturated heterocycles. The number of hydrogen-bond acceptors (Lipinski definition) is 5. The number of pyridine rings is 1. The van der Waals surface area contributed by atoms with Crippen molar-refractivity contribution in [2.75, 3.05) is 0 Å². The van der Waals surface area contributed by atoms with Gasteiger partial charge in [-0.2, -0.15) is 5.10 Å². The molecule has 0 radical (unpaired) electrons. The van der Waals surface area contributed by atoms with Crippen LogP contribution in [0.1, 0.15) is 21.5 Å². The standard InChI is InChI=1S/C14H13N3O3/c1-9-6-11(18)7-13(19)12(9)8-16-17-14(20)10-2-4-15-5-3-10/h2-8,18-19H,1H3,(H,17,20)/b16-8+. The summed E-state index contributed by atoms with van der Waals surface area (Å²) in [6.45, 7) is 1.71. The van der Waals surface area contributed by atoms with Gasteiger partial charge in [0.1, 0.15) is 11.5 Å². The predicted octanol–water partition coefficient (Wildman–Crippen LogP) is 1.57. The first-order valence-electron chi connectivity index (χ1n) is 5.84. The molecule has 2 rings (SSSR count). The number of phenolic OH excluding ortho intramolecular Hbond substituents is 2. The van der Waals surface area contributed by atoms with Crippen LogP contribution in [0.5, 0.6) is 11.5 Å². The summed E-state index contributed by atoms with van der Waals surface area (Å²) in [5.74, 6) is -0.512. The number of rotatable bonds is 3. The number of hydrazone groups is 1. The van der Waals surface area contributed by atoms with Crippen molar-refractivity contribution in [1.82, 2.24) is 10.4 Å². The number of nitrogens with one attached hydrogen (secondary N) is 1. The van der Waals surface area contributed by atoms with Gasteiger partial charge in [0.05, 0.1) is 6.21 Å². The molecule has 102 valence electrons. The molecule has 6 heteroatoms. The lowest BCUT2D eigenvalue weighted by Gasteiger charge is -2.04. The molecule has 0 saturated carbocycles. The van der Waals surface area contributed by atoms with E-state index in [-0.39, 0.29) is 17.4 Å². The van der Waals surface area contributed by atoms with Crippen LogP contribution in [0.2, 0.25) is 0 Å². The Balaban J connectivity index is 2.10. The van der Waals surface area contributed by atoms with Crippen LogP contribution in [-0.2, 0) is 0 Å². The van der Waals surface area contributed by atoms with Crippen LogP contribution in [0.15, 0.2) is 41.8 Å². The van der Waals surface area contributed by atoms with Gasteiger partial charge in [-0.25, -0.2) is 5.43 Å². The van der Waals surface area contributed by atoms with Gasteiger partial charge in [0, 0.05) is 29.6 Å². The average molecular weight is 271 g/mol. The second-order valence-corrected chi connectivity index (χ2v) is 4.13. The van der Waals surface area contributed by atoms with Crippen LogP contribution in [-0.4, -0.2) is 27.3 Å². The van der Waals surface area contributed by atoms with Crippen LogP contribution in [0, 0.1) is 6.92 Å². The summed E-state index contributed by atoms with van der Waals surface area (Å²) in [6.07, 6.45) is 4.34. The lowest BCUT2D eigenvalue weighted by molar-refractivity contribution is 0.0955. The number of hydrogen-bond donors (Lipinski definition) is 3. The van der Waals surface area contributed by atoms with Crippen molar-refractivity contribution in [3.63, 3.8) is 0 Å². The summed E-state index contributed by atoms with van der Waals surface area (Å²) in [5, 5.41) is 22.8. The molecule has 1 heterocycles. The minimum atomic E-state index is -0.375. The van der Waals surface area contributed by atoms with E-state index in [0.717, 1.165) is 0 Å². The number of aromatic hydroxyl groups is 2. The van der Waals surface area contributed by atoms with Crippen molar-refractivity contribution < 1.29 is 15.0 Å². The van der Waals surface area contributed by atoms with Crippen molar-refractivity contribution in [3.8, 4) is 11.5 Å². The van der Waals surface area contributed by atoms with E-state index in [4.69, 9.17) is 0 Å². The highest BCUT2D eigenvalue weighted by molar-refractivity contribution is 5.95. The van der Waals surface area contributed by atoms with E-state index in [1.165, 1.54) is 30.7 Å². The third-order valence-electron chi connectivity index (χ3n) is 2.65. The van der Waals surface area contributed by atoms with Gasteiger partial charge in [0.25, 0.3) is 5.91 Å². The van der Waals surface area contributed by atoms with Crippen molar-refractivity contribution in [3.05, 3.63) is 53.3 Å². The molecule has 0 atom stereocenters. The molecule has 0 aliphatic carbocycles. The number of aromatic nitrogens is 1. The highest BCUT2D eigenvalue weighted by atomic mass is 16.3. The van der Waals surface area contributed by atoms with Crippen LogP contribution < -0.4 is 5.43 Å². The third kappa shape index (κ3) is 3.11. The van der Waals surface area contributed by atoms with Gasteiger partial charge in [-0.3, -0.25) is 9.78 Å². The maximum absolute atomic E-state index is 11.7. The largest absolute Gasteiger partial charge is 0.508 e. The van der Waals surface area contributed by atoms with Crippen LogP contribution in [0.3, 0.4) is 0 Å². The predicted molar refractivity (Wildman–Crippen MR) is 73.8 cm³/mol. The van der Waals surface area contributed by atoms with Gasteiger partial charge in [0.15, 0.2) is 0 Å². The van der Waals surface area contributed by atoms with E-state index < -0.39 is 0 Å². The molecule has 0 aliphatic heterocycles. The first-order chi connectivity index (χ1) is 9.58. The Morgan fingerprint density at radius 3 is 2.65 bits per heavy atom. The summed E-state index contributed by atoms with van der Waals surface area (Å²) in [6, 6.07) is 5.83. The molecule has 1 aromatic heterocycles. The second-order valence-electron chi connectivity index (χ2n) is 4.13. The minimum absolute atomic E-state index is 0.0297. The van der Waals surface area contributed by atoms with Crippen LogP contribution in [0.4, 0.5) is 0 Å². The summed E-state index contributed by atoms with van der Waals surface area (Å²) >= 11 is 0. The van der Waals surface area contributed by atoms with E-state index in [1.807, 2.05) is 0 Å². The zero-order chi connectivity index (χ0) is 14.5. The molecule has 1 aromatic carbocycles. The fraction of sp³-hybridized carbons (Fsp3) is 0.0714. The molecule has 2 aromatic rings. The van der Waals surface area contributed by atoms with Gasteiger partial charge >= 0.3 is 0 Å². The lowest BCUT2D eigenvalue weighted by atomic mass is 10.1. The van der Waals surface area contributed by atoms with Gasteiger partial charge in [0.2, 0.25) is 0 Å². The van der Waals surface area contributed by atoms with Gasteiger partial charge in [-0.1, -0.05) is 0 Å². The topological polar surface area (TPSA) is 94.8 Å². The Morgan fingerprint density at radius 2 is 2.00 bits per heavy atom. The van der Waals surface area contributed by atoms with Crippen molar-refractivity contribution in [2.24, 2.45) is 5.10 Å². The van der Waals surface area contributed by atoms with Gasteiger partial charge in [-0.15, -0.1) is 0 Å². The Labute approximate surface area is 115 Å². The highest BCUT2D eigenvalue weighted by Gasteiger charge is 2.06. The lowest BCUT2D eigenvalue weighted by Crippen LogP contribution is -2.17. The number of phenols is 2. The maximum atomic E-state index is 11.7. The van der Waals surface area contributed by atoms with Crippen molar-refractivity contribution in [2.45, 2.75) is 6.92 Å². The second kappa shape index (κ2) is 5.83. The highest BCUT2D eigenvalue weighted by Crippen LogP contribution is 2.24. The molecule has 6 nitrogen and oxygen atoms in total. The fourth-order valence-electron chi connectivity index (χ4n) is 1.65. The van der Waals surface area contributed by atoms with Gasteiger partial charge in [-0.05, 0) is 30.7 Å². The molecule has 20 heavy (non-hydrogen) atoms. The Morgan fingerprint density at radius 1 is 1.30 bits per heavy atom. The van der Waals surface area contributed by atoms with E-state index in [9.17, 15) is 15.0 Å². The summed E-state index contributed by atoms with van der Waals surface area (Å²) in [4.78, 5) is 15.5. The van der Waals surface area contributed by atoms with Crippen molar-refractivity contribution >= 4 is 12.1 Å². The molecule has 0 aliphatic rings. The number of nitrogens with zero attached hydrogens (tertiary/aromatic N) is 2. The summed E-state index contributed by atoms with van der Waals surface area (Å²) < 4.78 is 0. The molecule has 0 unspecified atom stereocenters. The fourth-order valence-corrected chi connectivity index (χ4v) is 1.65. The molecular weight excluding hydrogens is 258 g/mol.